The molecule has 1 aromatic carbocycles. The van der Waals surface area contributed by atoms with Gasteiger partial charge in [0.05, 0.1) is 24.0 Å². The second kappa shape index (κ2) is 7.56. The zero-order chi connectivity index (χ0) is 22.7. The Balaban J connectivity index is 1.88. The number of ketones is 2. The smallest absolute Gasteiger partial charge is 0.139 e. The van der Waals surface area contributed by atoms with Crippen LogP contribution in [-0.2, 0) is 16.6 Å². The van der Waals surface area contributed by atoms with Gasteiger partial charge in [0, 0.05) is 42.9 Å². The normalized spacial score (nSPS) is 31.7. The van der Waals surface area contributed by atoms with E-state index >= 15 is 0 Å². The van der Waals surface area contributed by atoms with Crippen molar-refractivity contribution in [2.45, 2.75) is 71.5 Å². The molecule has 2 aromatic rings. The van der Waals surface area contributed by atoms with Gasteiger partial charge in [-0.15, -0.1) is 0 Å². The zero-order valence-corrected chi connectivity index (χ0v) is 19.3. The Morgan fingerprint density at radius 1 is 0.903 bits per heavy atom. The minimum Gasteiger partial charge on any atom is -0.392 e. The molecule has 0 spiro atoms. The fourth-order valence-electron chi connectivity index (χ4n) is 6.27. The molecule has 1 aromatic heterocycles. The largest absolute Gasteiger partial charge is 0.392 e. The van der Waals surface area contributed by atoms with Gasteiger partial charge in [0.15, 0.2) is 0 Å². The summed E-state index contributed by atoms with van der Waals surface area (Å²) in [5.74, 6) is -1.94. The van der Waals surface area contributed by atoms with Crippen LogP contribution in [0.3, 0.4) is 0 Å². The Labute approximate surface area is 184 Å². The van der Waals surface area contributed by atoms with E-state index in [1.165, 1.54) is 0 Å². The van der Waals surface area contributed by atoms with Crippen LogP contribution in [0.4, 0.5) is 0 Å². The molecule has 4 unspecified atom stereocenters. The Kier molecular flexibility index (Phi) is 5.42. The van der Waals surface area contributed by atoms with Crippen LogP contribution in [0.25, 0.3) is 10.9 Å². The van der Waals surface area contributed by atoms with Crippen molar-refractivity contribution in [1.82, 2.24) is 4.57 Å². The molecular formula is C26H35NO4. The van der Waals surface area contributed by atoms with Gasteiger partial charge in [0.2, 0.25) is 0 Å². The van der Waals surface area contributed by atoms with E-state index in [0.29, 0.717) is 25.7 Å². The standard InChI is InChI=1S/C26H35NO4/c1-25(2)10-18(28)23(19(29)11-25)22(24-20(30)12-26(3,4)13-21(24)31)16-14-27(5)17-9-7-6-8-15(16)17/h6-9,14,18,20,22-24,28,30H,10-13H2,1-5H3. The van der Waals surface area contributed by atoms with Crippen LogP contribution in [0.2, 0.25) is 0 Å². The third-order valence-corrected chi connectivity index (χ3v) is 7.46. The van der Waals surface area contributed by atoms with Crippen molar-refractivity contribution in [3.63, 3.8) is 0 Å². The van der Waals surface area contributed by atoms with Crippen LogP contribution < -0.4 is 0 Å². The van der Waals surface area contributed by atoms with Crippen molar-refractivity contribution in [1.29, 1.82) is 0 Å². The molecule has 5 nitrogen and oxygen atoms in total. The van der Waals surface area contributed by atoms with Gasteiger partial charge >= 0.3 is 0 Å². The summed E-state index contributed by atoms with van der Waals surface area (Å²) in [5.41, 5.74) is 1.35. The van der Waals surface area contributed by atoms with Crippen molar-refractivity contribution >= 4 is 22.5 Å². The van der Waals surface area contributed by atoms with E-state index in [2.05, 4.69) is 0 Å². The maximum absolute atomic E-state index is 13.4. The van der Waals surface area contributed by atoms with Gasteiger partial charge in [-0.25, -0.2) is 0 Å². The van der Waals surface area contributed by atoms with Crippen molar-refractivity contribution in [3.05, 3.63) is 36.0 Å². The molecule has 168 valence electrons. The monoisotopic (exact) mass is 425 g/mol. The first-order valence-corrected chi connectivity index (χ1v) is 11.4. The van der Waals surface area contributed by atoms with Crippen molar-refractivity contribution in [2.24, 2.45) is 29.7 Å². The topological polar surface area (TPSA) is 79.5 Å². The Hall–Kier alpha value is -1.98. The van der Waals surface area contributed by atoms with Gasteiger partial charge in [-0.2, -0.15) is 0 Å². The Morgan fingerprint density at radius 3 is 1.87 bits per heavy atom. The van der Waals surface area contributed by atoms with E-state index in [-0.39, 0.29) is 22.4 Å². The number of aryl methyl sites for hydroxylation is 1. The van der Waals surface area contributed by atoms with Gasteiger partial charge in [-0.05, 0) is 35.3 Å². The average molecular weight is 426 g/mol. The highest BCUT2D eigenvalue weighted by Gasteiger charge is 2.52. The number of aromatic nitrogens is 1. The second-order valence-electron chi connectivity index (χ2n) is 11.4. The lowest BCUT2D eigenvalue weighted by Crippen LogP contribution is -2.51. The highest BCUT2D eigenvalue weighted by molar-refractivity contribution is 5.91. The van der Waals surface area contributed by atoms with E-state index in [1.807, 2.05) is 69.8 Å². The molecule has 4 atom stereocenters. The van der Waals surface area contributed by atoms with Gasteiger partial charge in [0.25, 0.3) is 0 Å². The first-order chi connectivity index (χ1) is 14.4. The second-order valence-corrected chi connectivity index (χ2v) is 11.4. The van der Waals surface area contributed by atoms with Crippen LogP contribution in [0.5, 0.6) is 0 Å². The van der Waals surface area contributed by atoms with Crippen LogP contribution in [0, 0.1) is 22.7 Å². The van der Waals surface area contributed by atoms with Gasteiger partial charge in [0.1, 0.15) is 11.6 Å². The fraction of sp³-hybridized carbons (Fsp3) is 0.615. The Morgan fingerprint density at radius 2 is 1.39 bits per heavy atom. The number of hydrogen-bond donors (Lipinski definition) is 2. The summed E-state index contributed by atoms with van der Waals surface area (Å²) in [6, 6.07) is 7.94. The molecule has 2 N–H and O–H groups in total. The summed E-state index contributed by atoms with van der Waals surface area (Å²) >= 11 is 0. The number of benzene rings is 1. The number of aliphatic hydroxyl groups is 2. The predicted octanol–water partition coefficient (Wildman–Crippen LogP) is 3.99. The molecule has 0 amide bonds. The molecule has 1 heterocycles. The number of carbonyl (C=O) groups excluding carboxylic acids is 2. The minimum absolute atomic E-state index is 0.00785. The number of para-hydroxylation sites is 1. The highest BCUT2D eigenvalue weighted by Crippen LogP contribution is 2.50. The van der Waals surface area contributed by atoms with Crippen LogP contribution >= 0.6 is 0 Å². The summed E-state index contributed by atoms with van der Waals surface area (Å²) < 4.78 is 2.00. The molecule has 0 radical (unpaired) electrons. The molecule has 0 bridgehead atoms. The minimum atomic E-state index is -0.838. The molecule has 31 heavy (non-hydrogen) atoms. The van der Waals surface area contributed by atoms with Crippen molar-refractivity contribution in [3.8, 4) is 0 Å². The molecule has 2 aliphatic rings. The van der Waals surface area contributed by atoms with Crippen LogP contribution in [0.15, 0.2) is 30.5 Å². The van der Waals surface area contributed by atoms with E-state index < -0.39 is 30.0 Å². The fourth-order valence-corrected chi connectivity index (χ4v) is 6.27. The molecule has 0 saturated heterocycles. The first-order valence-electron chi connectivity index (χ1n) is 11.4. The quantitative estimate of drug-likeness (QED) is 0.779. The van der Waals surface area contributed by atoms with Gasteiger partial charge < -0.3 is 14.8 Å². The lowest BCUT2D eigenvalue weighted by Gasteiger charge is -2.46. The number of fused-ring (bicyclic) bond motifs is 1. The number of hydrogen-bond acceptors (Lipinski definition) is 4. The number of aliphatic hydroxyl groups excluding tert-OH is 2. The summed E-state index contributed by atoms with van der Waals surface area (Å²) in [6.07, 6.45) is 2.07. The first kappa shape index (κ1) is 22.2. The van der Waals surface area contributed by atoms with Crippen molar-refractivity contribution < 1.29 is 19.8 Å². The average Bonchev–Trinajstić information content (AvgIpc) is 2.94. The summed E-state index contributed by atoms with van der Waals surface area (Å²) in [4.78, 5) is 26.8. The Bertz CT molecular complexity index is 976. The number of carbonyl (C=O) groups is 2. The molecule has 5 heteroatoms. The van der Waals surface area contributed by atoms with Gasteiger partial charge in [-0.3, -0.25) is 9.59 Å². The molecular weight excluding hydrogens is 390 g/mol. The summed E-state index contributed by atoms with van der Waals surface area (Å²) in [6.45, 7) is 8.00. The molecule has 2 aliphatic carbocycles. The number of nitrogens with zero attached hydrogens (tertiary/aromatic N) is 1. The summed E-state index contributed by atoms with van der Waals surface area (Å²) in [7, 11) is 1.95. The van der Waals surface area contributed by atoms with Crippen LogP contribution in [0.1, 0.15) is 64.9 Å². The maximum atomic E-state index is 13.4. The van der Waals surface area contributed by atoms with E-state index in [0.717, 1.165) is 16.5 Å². The van der Waals surface area contributed by atoms with E-state index in [4.69, 9.17) is 0 Å². The van der Waals surface area contributed by atoms with E-state index in [1.54, 1.807) is 0 Å². The van der Waals surface area contributed by atoms with Gasteiger partial charge in [-0.1, -0.05) is 45.9 Å². The molecule has 0 aliphatic heterocycles. The number of Topliss-reactive ketones (excluding diaryl/α,β-unsaturated/α-hetero) is 2. The van der Waals surface area contributed by atoms with Crippen LogP contribution in [-0.4, -0.2) is 38.6 Å². The lowest BCUT2D eigenvalue weighted by molar-refractivity contribution is -0.144. The third kappa shape index (κ3) is 3.98. The highest BCUT2D eigenvalue weighted by atomic mass is 16.3. The number of rotatable bonds is 3. The molecule has 2 saturated carbocycles. The zero-order valence-electron chi connectivity index (χ0n) is 19.3. The third-order valence-electron chi connectivity index (χ3n) is 7.46. The lowest BCUT2D eigenvalue weighted by atomic mass is 9.58. The predicted molar refractivity (Wildman–Crippen MR) is 121 cm³/mol. The molecule has 2 fully saturated rings. The van der Waals surface area contributed by atoms with Crippen molar-refractivity contribution in [2.75, 3.05) is 0 Å². The van der Waals surface area contributed by atoms with E-state index in [9.17, 15) is 19.8 Å². The SMILES string of the molecule is Cn1cc(C(C2C(=O)CC(C)(C)CC2O)C2C(=O)CC(C)(C)CC2O)c2ccccc21. The summed E-state index contributed by atoms with van der Waals surface area (Å²) in [5, 5.41) is 23.3. The molecule has 4 rings (SSSR count). The maximum Gasteiger partial charge on any atom is 0.139 e.